The van der Waals surface area contributed by atoms with Gasteiger partial charge in [-0.3, -0.25) is 4.90 Å². The van der Waals surface area contributed by atoms with Crippen LogP contribution in [0.1, 0.15) is 24.8 Å². The fourth-order valence-electron chi connectivity index (χ4n) is 2.09. The summed E-state index contributed by atoms with van der Waals surface area (Å²) in [5, 5.41) is 2.73. The zero-order chi connectivity index (χ0) is 12.4. The average molecular weight is 275 g/mol. The van der Waals surface area contributed by atoms with E-state index in [4.69, 9.17) is 22.1 Å². The van der Waals surface area contributed by atoms with E-state index >= 15 is 0 Å². The number of halogens is 1. The molecule has 1 aliphatic rings. The van der Waals surface area contributed by atoms with Crippen molar-refractivity contribution in [1.82, 2.24) is 4.90 Å². The minimum Gasteiger partial charge on any atom is -0.374 e. The summed E-state index contributed by atoms with van der Waals surface area (Å²) in [6.07, 6.45) is 0.0438. The lowest BCUT2D eigenvalue weighted by Gasteiger charge is -2.37. The minimum absolute atomic E-state index is 0.0438. The maximum absolute atomic E-state index is 6.25. The summed E-state index contributed by atoms with van der Waals surface area (Å²) in [6, 6.07) is 2.31. The molecule has 2 rings (SSSR count). The van der Waals surface area contributed by atoms with Crippen molar-refractivity contribution in [2.75, 3.05) is 19.7 Å². The van der Waals surface area contributed by atoms with Gasteiger partial charge in [-0.05, 0) is 25.3 Å². The predicted octanol–water partition coefficient (Wildman–Crippen LogP) is 2.51. The SMILES string of the molecule is CC(C)N1CCOC(C(N)c2sccc2Cl)C1. The summed E-state index contributed by atoms with van der Waals surface area (Å²) in [5.41, 5.74) is 6.25. The maximum Gasteiger partial charge on any atom is 0.0903 e. The van der Waals surface area contributed by atoms with Crippen LogP contribution >= 0.6 is 22.9 Å². The summed E-state index contributed by atoms with van der Waals surface area (Å²) in [5.74, 6) is 0. The summed E-state index contributed by atoms with van der Waals surface area (Å²) in [6.45, 7) is 7.02. The molecule has 1 aromatic heterocycles. The molecular weight excluding hydrogens is 256 g/mol. The Morgan fingerprint density at radius 2 is 2.35 bits per heavy atom. The lowest BCUT2D eigenvalue weighted by molar-refractivity contribution is -0.0497. The Morgan fingerprint density at radius 1 is 1.59 bits per heavy atom. The van der Waals surface area contributed by atoms with Gasteiger partial charge < -0.3 is 10.5 Å². The molecule has 0 radical (unpaired) electrons. The summed E-state index contributed by atoms with van der Waals surface area (Å²) in [4.78, 5) is 3.43. The summed E-state index contributed by atoms with van der Waals surface area (Å²) >= 11 is 7.72. The minimum atomic E-state index is -0.121. The fraction of sp³-hybridized carbons (Fsp3) is 0.667. The predicted molar refractivity (Wildman–Crippen MR) is 72.7 cm³/mol. The normalized spacial score (nSPS) is 24.2. The Kier molecular flexibility index (Phi) is 4.44. The van der Waals surface area contributed by atoms with Crippen LogP contribution in [0.25, 0.3) is 0 Å². The van der Waals surface area contributed by atoms with Crippen LogP contribution in [0.2, 0.25) is 5.02 Å². The molecule has 2 unspecified atom stereocenters. The van der Waals surface area contributed by atoms with Crippen molar-refractivity contribution < 1.29 is 4.74 Å². The lowest BCUT2D eigenvalue weighted by Crippen LogP contribution is -2.49. The number of nitrogens with two attached hydrogens (primary N) is 1. The molecule has 5 heteroatoms. The van der Waals surface area contributed by atoms with E-state index in [0.717, 1.165) is 29.6 Å². The molecule has 1 aromatic rings. The van der Waals surface area contributed by atoms with Gasteiger partial charge in [-0.1, -0.05) is 11.6 Å². The van der Waals surface area contributed by atoms with Crippen LogP contribution in [-0.2, 0) is 4.74 Å². The Morgan fingerprint density at radius 3 is 2.94 bits per heavy atom. The molecule has 3 nitrogen and oxygen atoms in total. The molecule has 96 valence electrons. The third-order valence-corrected chi connectivity index (χ3v) is 4.66. The van der Waals surface area contributed by atoms with Gasteiger partial charge in [0.05, 0.1) is 23.8 Å². The fourth-order valence-corrected chi connectivity index (χ4v) is 3.33. The van der Waals surface area contributed by atoms with Crippen molar-refractivity contribution in [3.05, 3.63) is 21.3 Å². The largest absolute Gasteiger partial charge is 0.374 e. The molecular formula is C12H19ClN2OS. The van der Waals surface area contributed by atoms with Crippen LogP contribution < -0.4 is 5.73 Å². The first-order valence-electron chi connectivity index (χ1n) is 5.93. The second-order valence-corrected chi connectivity index (χ2v) is 6.01. The number of nitrogens with zero attached hydrogens (tertiary/aromatic N) is 1. The van der Waals surface area contributed by atoms with Gasteiger partial charge in [-0.15, -0.1) is 11.3 Å². The highest BCUT2D eigenvalue weighted by Gasteiger charge is 2.29. The van der Waals surface area contributed by atoms with Gasteiger partial charge in [0.2, 0.25) is 0 Å². The third-order valence-electron chi connectivity index (χ3n) is 3.20. The summed E-state index contributed by atoms with van der Waals surface area (Å²) < 4.78 is 5.78. The van der Waals surface area contributed by atoms with E-state index in [1.807, 2.05) is 11.4 Å². The van der Waals surface area contributed by atoms with E-state index in [0.29, 0.717) is 6.04 Å². The molecule has 2 N–H and O–H groups in total. The van der Waals surface area contributed by atoms with Crippen LogP contribution in [0.4, 0.5) is 0 Å². The highest BCUT2D eigenvalue weighted by molar-refractivity contribution is 7.10. The molecule has 0 aromatic carbocycles. The molecule has 2 atom stereocenters. The second kappa shape index (κ2) is 5.67. The summed E-state index contributed by atoms with van der Waals surface area (Å²) in [7, 11) is 0. The molecule has 0 amide bonds. The van der Waals surface area contributed by atoms with Crippen LogP contribution in [0.15, 0.2) is 11.4 Å². The number of ether oxygens (including phenoxy) is 1. The zero-order valence-corrected chi connectivity index (χ0v) is 11.8. The van der Waals surface area contributed by atoms with Gasteiger partial charge in [0.25, 0.3) is 0 Å². The Balaban J connectivity index is 2.05. The molecule has 1 saturated heterocycles. The molecule has 2 heterocycles. The third kappa shape index (κ3) is 3.01. The second-order valence-electron chi connectivity index (χ2n) is 4.66. The van der Waals surface area contributed by atoms with Gasteiger partial charge in [0.15, 0.2) is 0 Å². The van der Waals surface area contributed by atoms with Gasteiger partial charge in [0.1, 0.15) is 0 Å². The van der Waals surface area contributed by atoms with Gasteiger partial charge >= 0.3 is 0 Å². The quantitative estimate of drug-likeness (QED) is 0.920. The first kappa shape index (κ1) is 13.3. The smallest absolute Gasteiger partial charge is 0.0903 e. The van der Waals surface area contributed by atoms with Crippen LogP contribution in [-0.4, -0.2) is 36.7 Å². The average Bonchev–Trinajstić information content (AvgIpc) is 2.74. The van der Waals surface area contributed by atoms with Crippen LogP contribution in [0, 0.1) is 0 Å². The standard InChI is InChI=1S/C12H19ClN2OS/c1-8(2)15-4-5-16-10(7-15)11(14)12-9(13)3-6-17-12/h3,6,8,10-11H,4-5,7,14H2,1-2H3. The van der Waals surface area contributed by atoms with Gasteiger partial charge in [-0.2, -0.15) is 0 Å². The monoisotopic (exact) mass is 274 g/mol. The van der Waals surface area contributed by atoms with Crippen molar-refractivity contribution in [3.63, 3.8) is 0 Å². The van der Waals surface area contributed by atoms with Crippen LogP contribution in [0.5, 0.6) is 0 Å². The molecule has 0 aliphatic carbocycles. The molecule has 1 fully saturated rings. The van der Waals surface area contributed by atoms with E-state index in [9.17, 15) is 0 Å². The Labute approximate surface area is 112 Å². The number of morpholine rings is 1. The topological polar surface area (TPSA) is 38.5 Å². The van der Waals surface area contributed by atoms with E-state index < -0.39 is 0 Å². The van der Waals surface area contributed by atoms with E-state index in [1.54, 1.807) is 11.3 Å². The van der Waals surface area contributed by atoms with Crippen molar-refractivity contribution >= 4 is 22.9 Å². The van der Waals surface area contributed by atoms with Crippen molar-refractivity contribution in [3.8, 4) is 0 Å². The Bertz CT molecular complexity index is 369. The van der Waals surface area contributed by atoms with E-state index in [-0.39, 0.29) is 12.1 Å². The number of hydrogen-bond donors (Lipinski definition) is 1. The highest BCUT2D eigenvalue weighted by Crippen LogP contribution is 2.31. The molecule has 0 bridgehead atoms. The van der Waals surface area contributed by atoms with Crippen LogP contribution in [0.3, 0.4) is 0 Å². The number of hydrogen-bond acceptors (Lipinski definition) is 4. The molecule has 17 heavy (non-hydrogen) atoms. The molecule has 1 aliphatic heterocycles. The number of rotatable bonds is 3. The lowest BCUT2D eigenvalue weighted by atomic mass is 10.1. The van der Waals surface area contributed by atoms with E-state index in [2.05, 4.69) is 18.7 Å². The molecule has 0 spiro atoms. The first-order chi connectivity index (χ1) is 8.09. The zero-order valence-electron chi connectivity index (χ0n) is 10.2. The van der Waals surface area contributed by atoms with Crippen molar-refractivity contribution in [2.45, 2.75) is 32.0 Å². The Hall–Kier alpha value is -0.130. The first-order valence-corrected chi connectivity index (χ1v) is 7.19. The van der Waals surface area contributed by atoms with Gasteiger partial charge in [-0.25, -0.2) is 0 Å². The van der Waals surface area contributed by atoms with E-state index in [1.165, 1.54) is 0 Å². The van der Waals surface area contributed by atoms with Crippen molar-refractivity contribution in [2.24, 2.45) is 5.73 Å². The maximum atomic E-state index is 6.25. The molecule has 0 saturated carbocycles. The van der Waals surface area contributed by atoms with Gasteiger partial charge in [0, 0.05) is 24.0 Å². The highest BCUT2D eigenvalue weighted by atomic mass is 35.5. The van der Waals surface area contributed by atoms with Crippen molar-refractivity contribution in [1.29, 1.82) is 0 Å². The number of thiophene rings is 1.